The summed E-state index contributed by atoms with van der Waals surface area (Å²) in [6.45, 7) is 1.86. The number of allylic oxidation sites excluding steroid dienone is 1. The minimum atomic E-state index is -1.11. The van der Waals surface area contributed by atoms with Crippen molar-refractivity contribution in [1.82, 2.24) is 15.1 Å². The first-order valence-electron chi connectivity index (χ1n) is 10.5. The van der Waals surface area contributed by atoms with E-state index in [0.717, 1.165) is 12.8 Å². The summed E-state index contributed by atoms with van der Waals surface area (Å²) in [5, 5.41) is 13.0. The van der Waals surface area contributed by atoms with E-state index in [0.29, 0.717) is 18.1 Å². The highest BCUT2D eigenvalue weighted by molar-refractivity contribution is 5.98. The predicted molar refractivity (Wildman–Crippen MR) is 105 cm³/mol. The van der Waals surface area contributed by atoms with Gasteiger partial charge in [0.25, 0.3) is 5.91 Å². The maximum Gasteiger partial charge on any atom is 0.276 e. The van der Waals surface area contributed by atoms with Crippen molar-refractivity contribution in [2.45, 2.75) is 51.1 Å². The molecule has 3 heterocycles. The van der Waals surface area contributed by atoms with Crippen molar-refractivity contribution in [2.75, 3.05) is 6.54 Å². The molecule has 0 radical (unpaired) electrons. The number of hydrogen-bond acceptors (Lipinski definition) is 5. The van der Waals surface area contributed by atoms with Crippen LogP contribution in [0.25, 0.3) is 0 Å². The SMILES string of the molecule is C[C@@H]1C[C@@H]2C[C@H]1N1C(=O)C3=C(O)CC(C(=O)NCc4c(F)cc(F)cc4F)=CN3CC1O2. The van der Waals surface area contributed by atoms with Crippen molar-refractivity contribution in [1.29, 1.82) is 0 Å². The topological polar surface area (TPSA) is 82.1 Å². The summed E-state index contributed by atoms with van der Waals surface area (Å²) in [5.74, 6) is -4.20. The van der Waals surface area contributed by atoms with E-state index in [1.54, 1.807) is 4.90 Å². The summed E-state index contributed by atoms with van der Waals surface area (Å²) in [7, 11) is 0. The van der Waals surface area contributed by atoms with Crippen LogP contribution in [0.5, 0.6) is 0 Å². The fraction of sp³-hybridized carbons (Fsp3) is 0.455. The molecular formula is C22H22F3N3O4. The summed E-state index contributed by atoms with van der Waals surface area (Å²) < 4.78 is 46.8. The third-order valence-electron chi connectivity index (χ3n) is 6.66. The Balaban J connectivity index is 1.33. The Kier molecular flexibility index (Phi) is 4.92. The van der Waals surface area contributed by atoms with Crippen molar-refractivity contribution in [3.05, 3.63) is 58.4 Å². The van der Waals surface area contributed by atoms with Gasteiger partial charge in [0.2, 0.25) is 5.91 Å². The Morgan fingerprint density at radius 2 is 1.97 bits per heavy atom. The quantitative estimate of drug-likeness (QED) is 0.741. The molecule has 5 rings (SSSR count). The lowest BCUT2D eigenvalue weighted by atomic mass is 9.98. The zero-order valence-electron chi connectivity index (χ0n) is 17.3. The van der Waals surface area contributed by atoms with Gasteiger partial charge in [-0.1, -0.05) is 6.92 Å². The standard InChI is InChI=1S/C22H22F3N3O4/c1-10-2-13-6-17(10)28-19(32-13)9-27-8-11(3-18(29)20(27)22(28)31)21(30)26-7-14-15(24)4-12(23)5-16(14)25/h4-5,8,10,13,17,19,29H,2-3,6-7,9H2,1H3,(H,26,30)/t10-,13-,17-,19?/m1/s1. The highest BCUT2D eigenvalue weighted by atomic mass is 19.1. The molecule has 3 aliphatic heterocycles. The number of nitrogens with one attached hydrogen (secondary N) is 1. The smallest absolute Gasteiger partial charge is 0.276 e. The molecule has 2 amide bonds. The third-order valence-corrected chi connectivity index (χ3v) is 6.66. The molecule has 1 aliphatic carbocycles. The molecule has 4 aliphatic rings. The Morgan fingerprint density at radius 3 is 2.69 bits per heavy atom. The molecule has 170 valence electrons. The zero-order chi connectivity index (χ0) is 22.7. The molecule has 7 nitrogen and oxygen atoms in total. The normalized spacial score (nSPS) is 29.0. The van der Waals surface area contributed by atoms with Gasteiger partial charge >= 0.3 is 0 Å². The molecule has 1 saturated carbocycles. The van der Waals surface area contributed by atoms with Crippen molar-refractivity contribution >= 4 is 11.8 Å². The van der Waals surface area contributed by atoms with E-state index >= 15 is 0 Å². The van der Waals surface area contributed by atoms with Crippen LogP contribution in [0, 0.1) is 23.4 Å². The number of ether oxygens (including phenoxy) is 1. The van der Waals surface area contributed by atoms with Crippen LogP contribution in [0.4, 0.5) is 13.2 Å². The number of benzene rings is 1. The summed E-state index contributed by atoms with van der Waals surface area (Å²) >= 11 is 0. The largest absolute Gasteiger partial charge is 0.510 e. The number of nitrogens with zero attached hydrogens (tertiary/aromatic N) is 2. The van der Waals surface area contributed by atoms with E-state index in [9.17, 15) is 27.9 Å². The highest BCUT2D eigenvalue weighted by Gasteiger charge is 2.52. The van der Waals surface area contributed by atoms with Gasteiger partial charge in [0.1, 0.15) is 28.9 Å². The van der Waals surface area contributed by atoms with Crippen molar-refractivity contribution in [2.24, 2.45) is 5.92 Å². The number of rotatable bonds is 3. The van der Waals surface area contributed by atoms with Gasteiger partial charge in [-0.3, -0.25) is 9.59 Å². The minimum Gasteiger partial charge on any atom is -0.510 e. The van der Waals surface area contributed by atoms with Crippen LogP contribution >= 0.6 is 0 Å². The minimum absolute atomic E-state index is 0.0582. The van der Waals surface area contributed by atoms with Gasteiger partial charge in [-0.05, 0) is 18.8 Å². The highest BCUT2D eigenvalue weighted by Crippen LogP contribution is 2.42. The van der Waals surface area contributed by atoms with Crippen molar-refractivity contribution < 1.29 is 32.6 Å². The summed E-state index contributed by atoms with van der Waals surface area (Å²) in [6, 6.07) is 1.13. The monoisotopic (exact) mass is 449 g/mol. The molecule has 3 fully saturated rings. The number of carbonyl (C=O) groups is 2. The van der Waals surface area contributed by atoms with Crippen LogP contribution in [0.15, 0.2) is 35.4 Å². The number of hydrogen-bond donors (Lipinski definition) is 2. The third kappa shape index (κ3) is 3.33. The number of aliphatic hydroxyl groups is 1. The van der Waals surface area contributed by atoms with Gasteiger partial charge in [0.05, 0.1) is 12.6 Å². The van der Waals surface area contributed by atoms with Gasteiger partial charge in [0, 0.05) is 48.5 Å². The van der Waals surface area contributed by atoms with E-state index in [1.807, 2.05) is 0 Å². The number of fused-ring (bicyclic) bond motifs is 5. The average Bonchev–Trinajstić information content (AvgIpc) is 3.00. The second kappa shape index (κ2) is 7.54. The van der Waals surface area contributed by atoms with E-state index in [2.05, 4.69) is 12.2 Å². The number of halogens is 3. The number of amides is 2. The van der Waals surface area contributed by atoms with Crippen LogP contribution in [0.1, 0.15) is 31.7 Å². The predicted octanol–water partition coefficient (Wildman–Crippen LogP) is 2.44. The van der Waals surface area contributed by atoms with Crippen molar-refractivity contribution in [3.63, 3.8) is 0 Å². The molecular weight excluding hydrogens is 427 g/mol. The first-order valence-corrected chi connectivity index (χ1v) is 10.5. The zero-order valence-corrected chi connectivity index (χ0v) is 17.3. The molecule has 1 aromatic rings. The summed E-state index contributed by atoms with van der Waals surface area (Å²) in [6.07, 6.45) is 2.52. The molecule has 2 bridgehead atoms. The van der Waals surface area contributed by atoms with E-state index < -0.39 is 41.7 Å². The molecule has 0 aromatic heterocycles. The van der Waals surface area contributed by atoms with E-state index in [-0.39, 0.29) is 48.0 Å². The second-order valence-corrected chi connectivity index (χ2v) is 8.75. The van der Waals surface area contributed by atoms with Crippen LogP contribution < -0.4 is 5.32 Å². The Morgan fingerprint density at radius 1 is 1.25 bits per heavy atom. The summed E-state index contributed by atoms with van der Waals surface area (Å²) in [5.41, 5.74) is -0.224. The molecule has 1 unspecified atom stereocenters. The maximum atomic E-state index is 13.8. The number of piperazine rings is 1. The Labute approximate surface area is 182 Å². The van der Waals surface area contributed by atoms with Crippen molar-refractivity contribution in [3.8, 4) is 0 Å². The number of carbonyl (C=O) groups excluding carboxylic acids is 2. The second-order valence-electron chi connectivity index (χ2n) is 8.75. The Bertz CT molecular complexity index is 1050. The molecule has 10 heteroatoms. The Hall–Kier alpha value is -3.01. The van der Waals surface area contributed by atoms with E-state index in [4.69, 9.17) is 4.74 Å². The lowest BCUT2D eigenvalue weighted by Crippen LogP contribution is -2.61. The lowest BCUT2D eigenvalue weighted by molar-refractivity contribution is -0.178. The molecule has 0 spiro atoms. The van der Waals surface area contributed by atoms with Gasteiger partial charge in [-0.2, -0.15) is 0 Å². The molecule has 4 atom stereocenters. The maximum absolute atomic E-state index is 13.8. The van der Waals surface area contributed by atoms with Gasteiger partial charge in [-0.25, -0.2) is 13.2 Å². The molecule has 2 saturated heterocycles. The molecule has 2 N–H and O–H groups in total. The van der Waals surface area contributed by atoms with Gasteiger partial charge in [-0.15, -0.1) is 0 Å². The van der Waals surface area contributed by atoms with E-state index in [1.165, 1.54) is 11.1 Å². The number of aliphatic hydroxyl groups excluding tert-OH is 1. The lowest BCUT2D eigenvalue weighted by Gasteiger charge is -2.48. The first-order chi connectivity index (χ1) is 15.2. The fourth-order valence-electron chi connectivity index (χ4n) is 5.15. The summed E-state index contributed by atoms with van der Waals surface area (Å²) in [4.78, 5) is 29.0. The van der Waals surface area contributed by atoms with Gasteiger partial charge < -0.3 is 25.0 Å². The first kappa shape index (κ1) is 20.9. The molecule has 32 heavy (non-hydrogen) atoms. The van der Waals surface area contributed by atoms with Gasteiger partial charge in [0.15, 0.2) is 6.23 Å². The fourth-order valence-corrected chi connectivity index (χ4v) is 5.15. The average molecular weight is 449 g/mol. The van der Waals surface area contributed by atoms with Crippen LogP contribution in [0.3, 0.4) is 0 Å². The van der Waals surface area contributed by atoms with Crippen LogP contribution in [-0.4, -0.2) is 51.6 Å². The molecule has 1 aromatic carbocycles. The van der Waals surface area contributed by atoms with Crippen LogP contribution in [-0.2, 0) is 20.9 Å². The van der Waals surface area contributed by atoms with Crippen LogP contribution in [0.2, 0.25) is 0 Å².